The van der Waals surface area contributed by atoms with Crippen LogP contribution >= 0.6 is 45.3 Å². The van der Waals surface area contributed by atoms with Crippen molar-refractivity contribution < 1.29 is 0 Å². The van der Waals surface area contributed by atoms with Crippen LogP contribution in [0.15, 0.2) is 340 Å². The zero-order valence-corrected chi connectivity index (χ0v) is 57.0. The number of aromatic nitrogens is 4. The molecule has 0 unspecified atom stereocenters. The lowest BCUT2D eigenvalue weighted by Gasteiger charge is -2.13. The minimum atomic E-state index is 0.722. The molecular weight excluding hydrogens is 1290 g/mol. The number of nitrogens with zero attached hydrogens (tertiary/aromatic N) is 4. The van der Waals surface area contributed by atoms with Crippen LogP contribution in [0.2, 0.25) is 0 Å². The van der Waals surface area contributed by atoms with Crippen molar-refractivity contribution in [2.24, 2.45) is 0 Å². The molecule has 0 aliphatic heterocycles. The van der Waals surface area contributed by atoms with E-state index < -0.39 is 0 Å². The van der Waals surface area contributed by atoms with Gasteiger partial charge in [0.15, 0.2) is 11.6 Å². The first-order valence-electron chi connectivity index (χ1n) is 33.4. The molecule has 0 N–H and O–H groups in total. The first-order chi connectivity index (χ1) is 49.5. The highest BCUT2D eigenvalue weighted by Crippen LogP contribution is 2.43. The third-order valence-corrected chi connectivity index (χ3v) is 23.5. The van der Waals surface area contributed by atoms with Gasteiger partial charge in [-0.05, 0) is 129 Å². The predicted octanol–water partition coefficient (Wildman–Crippen LogP) is 27.1. The van der Waals surface area contributed by atoms with Crippen molar-refractivity contribution in [3.8, 4) is 112 Å². The fourth-order valence-corrected chi connectivity index (χ4v) is 18.5. The lowest BCUT2D eigenvalue weighted by atomic mass is 9.94. The van der Waals surface area contributed by atoms with Gasteiger partial charge in [0, 0.05) is 114 Å². The Morgan fingerprint density at radius 2 is 0.390 bits per heavy atom. The van der Waals surface area contributed by atoms with Crippen LogP contribution in [-0.2, 0) is 0 Å². The average Bonchev–Trinajstić information content (AvgIpc) is 1.40. The van der Waals surface area contributed by atoms with Gasteiger partial charge in [0.1, 0.15) is 0 Å². The van der Waals surface area contributed by atoms with Crippen LogP contribution in [0.5, 0.6) is 0 Å². The number of hydrogen-bond donors (Lipinski definition) is 0. The molecule has 0 bridgehead atoms. The first-order valence-corrected chi connectivity index (χ1v) is 36.7. The minimum absolute atomic E-state index is 0.722. The highest BCUT2D eigenvalue weighted by atomic mass is 32.1. The van der Waals surface area contributed by atoms with Crippen molar-refractivity contribution in [3.63, 3.8) is 0 Å². The van der Waals surface area contributed by atoms with Gasteiger partial charge < -0.3 is 0 Å². The summed E-state index contributed by atoms with van der Waals surface area (Å²) in [7, 11) is 0. The molecule has 0 atom stereocenters. The molecule has 14 aromatic carbocycles. The summed E-state index contributed by atoms with van der Waals surface area (Å²) in [4.78, 5) is 21.0. The molecule has 20 rings (SSSR count). The Morgan fingerprint density at radius 1 is 0.140 bits per heavy atom. The van der Waals surface area contributed by atoms with Gasteiger partial charge in [-0.1, -0.05) is 255 Å². The third-order valence-electron chi connectivity index (χ3n) is 19.0. The van der Waals surface area contributed by atoms with E-state index in [-0.39, 0.29) is 0 Å². The summed E-state index contributed by atoms with van der Waals surface area (Å²) in [5.41, 5.74) is 19.4. The standard InChI is InChI=1S/2C46H28N2S2/c1-3-11-29(12-4-1)33-23-34(30-13-5-2-6-14-30)25-35(24-33)41-28-40(31-19-21-38-36-15-7-9-17-42(36)49-44(38)26-31)47-46(48-41)32-20-22-39-37-16-8-10-18-43(37)50-45(39)27-32;1-2-9-29(10-3-1)32-11-8-12-33(25-32)30-17-19-31(20-18-30)40-28-41(34-21-23-38-36-13-4-6-15-42(36)49-44(38)26-34)48-46(47-40)35-22-24-39-37-14-5-7-16-43(37)50-45(39)27-35/h2*1-28H. The molecule has 4 nitrogen and oxygen atoms in total. The fourth-order valence-electron chi connectivity index (χ4n) is 14.0. The number of hydrogen-bond acceptors (Lipinski definition) is 8. The van der Waals surface area contributed by atoms with E-state index >= 15 is 0 Å². The highest BCUT2D eigenvalue weighted by molar-refractivity contribution is 7.27. The van der Waals surface area contributed by atoms with Gasteiger partial charge in [0.25, 0.3) is 0 Å². The minimum Gasteiger partial charge on any atom is -0.228 e. The van der Waals surface area contributed by atoms with Gasteiger partial charge in [0.05, 0.1) is 22.8 Å². The lowest BCUT2D eigenvalue weighted by molar-refractivity contribution is 1.19. The summed E-state index contributed by atoms with van der Waals surface area (Å²) in [6.07, 6.45) is 0. The zero-order valence-electron chi connectivity index (χ0n) is 53.8. The Kier molecular flexibility index (Phi) is 15.0. The molecule has 8 heteroatoms. The van der Waals surface area contributed by atoms with Crippen molar-refractivity contribution in [1.29, 1.82) is 0 Å². The molecule has 6 heterocycles. The van der Waals surface area contributed by atoms with Crippen LogP contribution in [0.3, 0.4) is 0 Å². The average molecular weight is 1350 g/mol. The van der Waals surface area contributed by atoms with Crippen LogP contribution in [-0.4, -0.2) is 19.9 Å². The number of rotatable bonds is 10. The van der Waals surface area contributed by atoms with Crippen molar-refractivity contribution in [1.82, 2.24) is 19.9 Å². The fraction of sp³-hybridized carbons (Fsp3) is 0. The second-order valence-electron chi connectivity index (χ2n) is 25.2. The maximum atomic E-state index is 5.32. The number of benzene rings is 14. The molecule has 468 valence electrons. The summed E-state index contributed by atoms with van der Waals surface area (Å²) < 4.78 is 10.2. The van der Waals surface area contributed by atoms with Crippen LogP contribution in [0, 0.1) is 0 Å². The molecule has 100 heavy (non-hydrogen) atoms. The van der Waals surface area contributed by atoms with E-state index in [4.69, 9.17) is 19.9 Å². The van der Waals surface area contributed by atoms with E-state index in [2.05, 4.69) is 340 Å². The van der Waals surface area contributed by atoms with Gasteiger partial charge >= 0.3 is 0 Å². The molecule has 0 aliphatic rings. The maximum Gasteiger partial charge on any atom is 0.160 e. The van der Waals surface area contributed by atoms with Crippen LogP contribution in [0.25, 0.3) is 193 Å². The smallest absolute Gasteiger partial charge is 0.160 e. The van der Waals surface area contributed by atoms with Gasteiger partial charge in [-0.15, -0.1) is 45.3 Å². The van der Waals surface area contributed by atoms with E-state index in [1.54, 1.807) is 0 Å². The number of thiophene rings is 4. The number of fused-ring (bicyclic) bond motifs is 12. The van der Waals surface area contributed by atoms with E-state index in [1.807, 2.05) is 45.3 Å². The molecule has 0 fully saturated rings. The summed E-state index contributed by atoms with van der Waals surface area (Å²) in [6.45, 7) is 0. The van der Waals surface area contributed by atoms with E-state index in [1.165, 1.54) is 114 Å². The van der Waals surface area contributed by atoms with Crippen LogP contribution < -0.4 is 0 Å². The molecule has 0 saturated heterocycles. The SMILES string of the molecule is c1ccc(-c2cc(-c3ccccc3)cc(-c3cc(-c4ccc5c(c4)sc4ccccc45)nc(-c4ccc5c(c4)sc4ccccc45)n3)c2)cc1.c1ccc(-c2cccc(-c3ccc(-c4cc(-c5ccc6c(c5)sc5ccccc56)nc(-c5ccc6c(c5)sc5ccccc56)n4)cc3)c2)cc1. The van der Waals surface area contributed by atoms with E-state index in [9.17, 15) is 0 Å². The Morgan fingerprint density at radius 3 is 0.780 bits per heavy atom. The van der Waals surface area contributed by atoms with Crippen LogP contribution in [0.1, 0.15) is 0 Å². The quantitative estimate of drug-likeness (QED) is 0.137. The molecule has 6 aromatic heterocycles. The Balaban J connectivity index is 0.000000139. The van der Waals surface area contributed by atoms with Crippen molar-refractivity contribution in [2.45, 2.75) is 0 Å². The molecule has 0 radical (unpaired) electrons. The summed E-state index contributed by atoms with van der Waals surface area (Å²) in [5.74, 6) is 1.45. The highest BCUT2D eigenvalue weighted by Gasteiger charge is 2.19. The van der Waals surface area contributed by atoms with Crippen LogP contribution in [0.4, 0.5) is 0 Å². The van der Waals surface area contributed by atoms with Gasteiger partial charge in [-0.2, -0.15) is 0 Å². The predicted molar refractivity (Wildman–Crippen MR) is 430 cm³/mol. The second kappa shape index (κ2) is 25.2. The van der Waals surface area contributed by atoms with Crippen molar-refractivity contribution in [2.75, 3.05) is 0 Å². The first kappa shape index (κ1) is 59.4. The Bertz CT molecular complexity index is 6210. The zero-order chi connectivity index (χ0) is 66.0. The summed E-state index contributed by atoms with van der Waals surface area (Å²) >= 11 is 7.30. The Hall–Kier alpha value is -11.9. The van der Waals surface area contributed by atoms with Crippen molar-refractivity contribution in [3.05, 3.63) is 340 Å². The third kappa shape index (κ3) is 11.2. The topological polar surface area (TPSA) is 51.6 Å². The molecule has 0 spiro atoms. The van der Waals surface area contributed by atoms with Crippen molar-refractivity contribution >= 4 is 126 Å². The summed E-state index contributed by atoms with van der Waals surface area (Å²) in [5, 5.41) is 10.3. The molecule has 0 aliphatic carbocycles. The van der Waals surface area contributed by atoms with E-state index in [0.717, 1.165) is 78.9 Å². The lowest BCUT2D eigenvalue weighted by Crippen LogP contribution is -1.96. The summed E-state index contributed by atoms with van der Waals surface area (Å²) in [6, 6.07) is 122. The van der Waals surface area contributed by atoms with Gasteiger partial charge in [0.2, 0.25) is 0 Å². The van der Waals surface area contributed by atoms with Gasteiger partial charge in [-0.25, -0.2) is 19.9 Å². The molecule has 0 amide bonds. The van der Waals surface area contributed by atoms with E-state index in [0.29, 0.717) is 0 Å². The maximum absolute atomic E-state index is 5.32. The normalized spacial score (nSPS) is 11.6. The Labute approximate surface area is 593 Å². The molecular formula is C92H56N4S4. The molecule has 20 aromatic rings. The monoisotopic (exact) mass is 1340 g/mol. The van der Waals surface area contributed by atoms with Gasteiger partial charge in [-0.3, -0.25) is 0 Å². The largest absolute Gasteiger partial charge is 0.228 e. The second-order valence-corrected chi connectivity index (χ2v) is 29.6. The molecule has 0 saturated carbocycles.